The first-order valence-electron chi connectivity index (χ1n) is 9.59. The molecule has 1 fully saturated rings. The van der Waals surface area contributed by atoms with Gasteiger partial charge in [0.25, 0.3) is 6.43 Å². The molecule has 4 aromatic rings. The van der Waals surface area contributed by atoms with Crippen LogP contribution in [-0.4, -0.2) is 55.8 Å². The monoisotopic (exact) mass is 447 g/mol. The van der Waals surface area contributed by atoms with Crippen LogP contribution in [0, 0.1) is 0 Å². The number of rotatable bonds is 6. The Kier molecular flexibility index (Phi) is 4.26. The lowest BCUT2D eigenvalue weighted by Gasteiger charge is -2.17. The van der Waals surface area contributed by atoms with Gasteiger partial charge in [-0.1, -0.05) is 0 Å². The maximum atomic E-state index is 13.4. The zero-order chi connectivity index (χ0) is 22.0. The molecule has 12 heteroatoms. The van der Waals surface area contributed by atoms with E-state index >= 15 is 0 Å². The number of fused-ring (bicyclic) bond motifs is 1. The standard InChI is InChI=1S/C19H19F2N7O2S/c1-27-14(4-8-23-27)13-9-11(19(5-6-19)31(2,29)30)18-17(24-13)16(12-3-7-22-25-12)26-28(18)10-15(20)21/h3-4,7-9,15H,5-6,10H2,1-2H3,(H,22,25). The van der Waals surface area contributed by atoms with Gasteiger partial charge in [-0.05, 0) is 31.0 Å². The van der Waals surface area contributed by atoms with E-state index in [2.05, 4.69) is 20.4 Å². The van der Waals surface area contributed by atoms with Crippen LogP contribution in [0.5, 0.6) is 0 Å². The van der Waals surface area contributed by atoms with E-state index in [1.165, 1.54) is 12.5 Å². The number of sulfone groups is 1. The number of nitrogens with zero attached hydrogens (tertiary/aromatic N) is 6. The molecule has 4 heterocycles. The fourth-order valence-electron chi connectivity index (χ4n) is 4.07. The van der Waals surface area contributed by atoms with Crippen molar-refractivity contribution in [1.29, 1.82) is 0 Å². The van der Waals surface area contributed by atoms with Crippen molar-refractivity contribution < 1.29 is 17.2 Å². The molecule has 1 saturated carbocycles. The van der Waals surface area contributed by atoms with Crippen molar-refractivity contribution in [2.45, 2.75) is 30.6 Å². The maximum absolute atomic E-state index is 13.4. The number of aromatic nitrogens is 7. The zero-order valence-corrected chi connectivity index (χ0v) is 17.6. The highest BCUT2D eigenvalue weighted by Gasteiger charge is 2.55. The minimum Gasteiger partial charge on any atom is -0.276 e. The van der Waals surface area contributed by atoms with Gasteiger partial charge < -0.3 is 0 Å². The number of halogens is 2. The molecule has 31 heavy (non-hydrogen) atoms. The highest BCUT2D eigenvalue weighted by Crippen LogP contribution is 2.55. The summed E-state index contributed by atoms with van der Waals surface area (Å²) < 4.78 is 54.0. The Labute approximate surface area is 176 Å². The summed E-state index contributed by atoms with van der Waals surface area (Å²) >= 11 is 0. The predicted molar refractivity (Wildman–Crippen MR) is 109 cm³/mol. The summed E-state index contributed by atoms with van der Waals surface area (Å²) in [5.41, 5.74) is 3.09. The van der Waals surface area contributed by atoms with E-state index in [4.69, 9.17) is 4.98 Å². The summed E-state index contributed by atoms with van der Waals surface area (Å²) in [6, 6.07) is 5.10. The summed E-state index contributed by atoms with van der Waals surface area (Å²) in [4.78, 5) is 4.71. The van der Waals surface area contributed by atoms with Crippen LogP contribution in [0.3, 0.4) is 0 Å². The SMILES string of the molecule is Cn1nccc1-c1cc(C2(S(C)(=O)=O)CC2)c2c(n1)c(-c1ccn[nH]1)nn2CC(F)F. The van der Waals surface area contributed by atoms with Gasteiger partial charge in [0.2, 0.25) is 0 Å². The molecular formula is C19H19F2N7O2S. The molecule has 4 aromatic heterocycles. The Balaban J connectivity index is 1.90. The largest absolute Gasteiger partial charge is 0.276 e. The van der Waals surface area contributed by atoms with Crippen molar-refractivity contribution >= 4 is 20.9 Å². The van der Waals surface area contributed by atoms with E-state index in [1.54, 1.807) is 36.1 Å². The van der Waals surface area contributed by atoms with E-state index in [1.807, 2.05) is 0 Å². The van der Waals surface area contributed by atoms with Crippen molar-refractivity contribution in [3.8, 4) is 22.8 Å². The number of alkyl halides is 2. The minimum absolute atomic E-state index is 0.304. The van der Waals surface area contributed by atoms with Crippen molar-refractivity contribution in [3.05, 3.63) is 36.2 Å². The van der Waals surface area contributed by atoms with Crippen LogP contribution in [0.4, 0.5) is 8.78 Å². The minimum atomic E-state index is -3.52. The lowest BCUT2D eigenvalue weighted by molar-refractivity contribution is 0.123. The maximum Gasteiger partial charge on any atom is 0.257 e. The van der Waals surface area contributed by atoms with Crippen LogP contribution in [0.25, 0.3) is 33.8 Å². The van der Waals surface area contributed by atoms with Gasteiger partial charge in [0.1, 0.15) is 17.8 Å². The first-order valence-corrected chi connectivity index (χ1v) is 11.5. The van der Waals surface area contributed by atoms with Crippen LogP contribution in [0.2, 0.25) is 0 Å². The molecule has 0 amide bonds. The molecule has 0 spiro atoms. The van der Waals surface area contributed by atoms with Crippen LogP contribution in [0.15, 0.2) is 30.6 Å². The lowest BCUT2D eigenvalue weighted by atomic mass is 10.1. The third-order valence-corrected chi connectivity index (χ3v) is 7.80. The summed E-state index contributed by atoms with van der Waals surface area (Å²) in [5.74, 6) is 0. The average molecular weight is 447 g/mol. The highest BCUT2D eigenvalue weighted by atomic mass is 32.2. The van der Waals surface area contributed by atoms with Gasteiger partial charge in [0.05, 0.1) is 27.3 Å². The number of hydrogen-bond donors (Lipinski definition) is 1. The van der Waals surface area contributed by atoms with Crippen molar-refractivity contribution in [3.63, 3.8) is 0 Å². The molecule has 1 N–H and O–H groups in total. The van der Waals surface area contributed by atoms with Gasteiger partial charge in [-0.3, -0.25) is 14.5 Å². The molecular weight excluding hydrogens is 428 g/mol. The molecule has 9 nitrogen and oxygen atoms in total. The number of H-pyrrole nitrogens is 1. The van der Waals surface area contributed by atoms with Gasteiger partial charge in [0.15, 0.2) is 9.84 Å². The van der Waals surface area contributed by atoms with Crippen LogP contribution >= 0.6 is 0 Å². The van der Waals surface area contributed by atoms with Crippen molar-refractivity contribution in [1.82, 2.24) is 34.7 Å². The van der Waals surface area contributed by atoms with Crippen molar-refractivity contribution in [2.24, 2.45) is 7.05 Å². The number of aromatic amines is 1. The predicted octanol–water partition coefficient (Wildman–Crippen LogP) is 2.52. The van der Waals surface area contributed by atoms with E-state index in [9.17, 15) is 17.2 Å². The van der Waals surface area contributed by atoms with Crippen LogP contribution in [-0.2, 0) is 28.2 Å². The van der Waals surface area contributed by atoms with Crippen molar-refractivity contribution in [2.75, 3.05) is 6.26 Å². The second kappa shape index (κ2) is 6.67. The summed E-state index contributed by atoms with van der Waals surface area (Å²) in [7, 11) is -1.77. The lowest BCUT2D eigenvalue weighted by Crippen LogP contribution is -2.21. The Bertz CT molecular complexity index is 1390. The van der Waals surface area contributed by atoms with Gasteiger partial charge in [-0.2, -0.15) is 15.3 Å². The highest BCUT2D eigenvalue weighted by molar-refractivity contribution is 7.92. The Hall–Kier alpha value is -3.15. The second-order valence-electron chi connectivity index (χ2n) is 7.75. The molecule has 0 bridgehead atoms. The average Bonchev–Trinajstić information content (AvgIpc) is 3.00. The number of aryl methyl sites for hydroxylation is 1. The summed E-state index contributed by atoms with van der Waals surface area (Å²) in [6.07, 6.45) is 2.47. The Morgan fingerprint density at radius 2 is 2.03 bits per heavy atom. The summed E-state index contributed by atoms with van der Waals surface area (Å²) in [6.45, 7) is -0.676. The van der Waals surface area contributed by atoms with E-state index in [-0.39, 0.29) is 0 Å². The molecule has 0 unspecified atom stereocenters. The van der Waals surface area contributed by atoms with Gasteiger partial charge in [-0.25, -0.2) is 22.2 Å². The molecule has 162 valence electrons. The smallest absolute Gasteiger partial charge is 0.257 e. The van der Waals surface area contributed by atoms with Crippen LogP contribution < -0.4 is 0 Å². The van der Waals surface area contributed by atoms with E-state index in [0.29, 0.717) is 52.2 Å². The number of pyridine rings is 1. The molecule has 1 aliphatic carbocycles. The third kappa shape index (κ3) is 3.04. The first-order chi connectivity index (χ1) is 14.7. The molecule has 0 radical (unpaired) electrons. The van der Waals surface area contributed by atoms with Gasteiger partial charge >= 0.3 is 0 Å². The molecule has 0 saturated heterocycles. The molecule has 1 aliphatic rings. The quantitative estimate of drug-likeness (QED) is 0.486. The Morgan fingerprint density at radius 1 is 1.26 bits per heavy atom. The molecule has 0 atom stereocenters. The topological polar surface area (TPSA) is 111 Å². The molecule has 5 rings (SSSR count). The van der Waals surface area contributed by atoms with Gasteiger partial charge in [0, 0.05) is 31.3 Å². The van der Waals surface area contributed by atoms with E-state index in [0.717, 1.165) is 4.68 Å². The molecule has 0 aromatic carbocycles. The van der Waals surface area contributed by atoms with Crippen LogP contribution in [0.1, 0.15) is 18.4 Å². The first kappa shape index (κ1) is 19.8. The van der Waals surface area contributed by atoms with E-state index < -0.39 is 27.6 Å². The zero-order valence-electron chi connectivity index (χ0n) is 16.7. The number of nitrogens with one attached hydrogen (secondary N) is 1. The third-order valence-electron chi connectivity index (χ3n) is 5.75. The normalized spacial score (nSPS) is 15.8. The fourth-order valence-corrected chi connectivity index (χ4v) is 5.47. The van der Waals surface area contributed by atoms with Gasteiger partial charge in [-0.15, -0.1) is 0 Å². The Morgan fingerprint density at radius 3 is 2.58 bits per heavy atom. The fraction of sp³-hybridized carbons (Fsp3) is 0.368. The molecule has 0 aliphatic heterocycles. The summed E-state index contributed by atoms with van der Waals surface area (Å²) in [5, 5.41) is 15.3. The number of hydrogen-bond acceptors (Lipinski definition) is 6. The second-order valence-corrected chi connectivity index (χ2v) is 10.1.